The second kappa shape index (κ2) is 9.74. The van der Waals surface area contributed by atoms with Gasteiger partial charge in [-0.2, -0.15) is 0 Å². The summed E-state index contributed by atoms with van der Waals surface area (Å²) < 4.78 is 31.2. The van der Waals surface area contributed by atoms with Gasteiger partial charge in [0.05, 0.1) is 21.2 Å². The van der Waals surface area contributed by atoms with Gasteiger partial charge in [-0.25, -0.2) is 22.5 Å². The molecule has 0 radical (unpaired) electrons. The van der Waals surface area contributed by atoms with Crippen LogP contribution in [0.1, 0.15) is 26.6 Å². The molecular weight excluding hydrogens is 440 g/mol. The first kappa shape index (κ1) is 22.5. The number of benzene rings is 2. The average Bonchev–Trinajstić information content (AvgIpc) is 3.16. The van der Waals surface area contributed by atoms with E-state index in [0.717, 1.165) is 19.9 Å². The quantitative estimate of drug-likeness (QED) is 0.366. The van der Waals surface area contributed by atoms with Gasteiger partial charge in [0.15, 0.2) is 0 Å². The minimum absolute atomic E-state index is 0.0140. The average molecular weight is 463 g/mol. The number of thiazole rings is 1. The number of nitrogens with zero attached hydrogens (tertiary/aromatic N) is 2. The van der Waals surface area contributed by atoms with Gasteiger partial charge >= 0.3 is 5.97 Å². The second-order valence-electron chi connectivity index (χ2n) is 6.65. The van der Waals surface area contributed by atoms with Gasteiger partial charge in [-0.3, -0.25) is 0 Å². The Kier molecular flexibility index (Phi) is 7.30. The summed E-state index contributed by atoms with van der Waals surface area (Å²) >= 11 is 3.13. The maximum absolute atomic E-state index is 12.7. The van der Waals surface area contributed by atoms with Crippen LogP contribution in [0, 0.1) is 6.92 Å². The molecule has 0 aliphatic carbocycles. The molecule has 0 saturated heterocycles. The van der Waals surface area contributed by atoms with E-state index < -0.39 is 16.0 Å². The van der Waals surface area contributed by atoms with Gasteiger partial charge in [0.2, 0.25) is 10.0 Å². The van der Waals surface area contributed by atoms with Crippen LogP contribution >= 0.6 is 23.1 Å². The Labute approximate surface area is 185 Å². The Morgan fingerprint density at radius 1 is 1.17 bits per heavy atom. The molecule has 0 unspecified atom stereocenters. The Hall–Kier alpha value is -2.20. The third-order valence-corrected chi connectivity index (χ3v) is 7.94. The van der Waals surface area contributed by atoms with E-state index in [1.54, 1.807) is 35.6 Å². The lowest BCUT2D eigenvalue weighted by Gasteiger charge is -2.13. The van der Waals surface area contributed by atoms with E-state index in [-0.39, 0.29) is 11.5 Å². The first-order chi connectivity index (χ1) is 14.3. The van der Waals surface area contributed by atoms with E-state index >= 15 is 0 Å². The fourth-order valence-corrected chi connectivity index (χ4v) is 5.24. The van der Waals surface area contributed by atoms with Crippen LogP contribution in [-0.2, 0) is 27.1 Å². The van der Waals surface area contributed by atoms with Crippen LogP contribution in [0.4, 0.5) is 0 Å². The van der Waals surface area contributed by atoms with Crippen LogP contribution in [0.3, 0.4) is 0 Å². The molecule has 1 aromatic heterocycles. The first-order valence-electron chi connectivity index (χ1n) is 9.09. The summed E-state index contributed by atoms with van der Waals surface area (Å²) in [6.07, 6.45) is 0. The van der Waals surface area contributed by atoms with Crippen molar-refractivity contribution >= 4 is 39.1 Å². The third kappa shape index (κ3) is 5.48. The molecule has 0 N–H and O–H groups in total. The van der Waals surface area contributed by atoms with Gasteiger partial charge < -0.3 is 4.74 Å². The van der Waals surface area contributed by atoms with Crippen LogP contribution in [0.15, 0.2) is 63.7 Å². The maximum atomic E-state index is 12.7. The number of sulfonamides is 1. The fraction of sp³-hybridized carbons (Fsp3) is 0.238. The molecule has 0 spiro atoms. The van der Waals surface area contributed by atoms with Crippen molar-refractivity contribution in [3.8, 4) is 0 Å². The predicted octanol–water partition coefficient (Wildman–Crippen LogP) is 4.35. The number of hydrogen-bond acceptors (Lipinski definition) is 7. The molecule has 30 heavy (non-hydrogen) atoms. The zero-order valence-electron chi connectivity index (χ0n) is 16.9. The van der Waals surface area contributed by atoms with Gasteiger partial charge in [0.25, 0.3) is 0 Å². The molecule has 9 heteroatoms. The summed E-state index contributed by atoms with van der Waals surface area (Å²) in [7, 11) is -0.593. The highest BCUT2D eigenvalue weighted by Gasteiger charge is 2.18. The molecular formula is C21H22N2O4S3. The maximum Gasteiger partial charge on any atom is 0.339 e. The molecule has 2 aromatic carbocycles. The van der Waals surface area contributed by atoms with Crippen molar-refractivity contribution in [1.82, 2.24) is 9.29 Å². The molecule has 0 fully saturated rings. The van der Waals surface area contributed by atoms with Gasteiger partial charge in [0.1, 0.15) is 6.61 Å². The number of carbonyl (C=O) groups excluding carboxylic acids is 1. The van der Waals surface area contributed by atoms with Gasteiger partial charge in [0, 0.05) is 30.1 Å². The van der Waals surface area contributed by atoms with Crippen molar-refractivity contribution in [2.24, 2.45) is 0 Å². The van der Waals surface area contributed by atoms with Crippen LogP contribution in [0.25, 0.3) is 0 Å². The normalized spacial score (nSPS) is 11.6. The van der Waals surface area contributed by atoms with E-state index in [4.69, 9.17) is 4.74 Å². The number of hydrogen-bond donors (Lipinski definition) is 0. The van der Waals surface area contributed by atoms with Crippen molar-refractivity contribution in [3.05, 3.63) is 75.7 Å². The Balaban J connectivity index is 1.68. The lowest BCUT2D eigenvalue weighted by molar-refractivity contribution is 0.0468. The van der Waals surface area contributed by atoms with Crippen molar-refractivity contribution in [2.45, 2.75) is 29.1 Å². The van der Waals surface area contributed by atoms with Gasteiger partial charge in [-0.15, -0.1) is 23.1 Å². The molecule has 0 aliphatic heterocycles. The van der Waals surface area contributed by atoms with Gasteiger partial charge in [-0.05, 0) is 36.8 Å². The predicted molar refractivity (Wildman–Crippen MR) is 119 cm³/mol. The summed E-state index contributed by atoms with van der Waals surface area (Å²) in [6.45, 7) is 1.95. The summed E-state index contributed by atoms with van der Waals surface area (Å²) in [6, 6.07) is 13.7. The smallest absolute Gasteiger partial charge is 0.339 e. The van der Waals surface area contributed by atoms with Crippen LogP contribution in [-0.4, -0.2) is 37.8 Å². The highest BCUT2D eigenvalue weighted by Crippen LogP contribution is 2.27. The van der Waals surface area contributed by atoms with E-state index in [2.05, 4.69) is 4.98 Å². The zero-order chi connectivity index (χ0) is 21.7. The topological polar surface area (TPSA) is 76.6 Å². The number of carbonyl (C=O) groups is 1. The van der Waals surface area contributed by atoms with E-state index in [1.807, 2.05) is 24.4 Å². The molecule has 1 heterocycles. The SMILES string of the molecule is Cc1nc(CSc2ccccc2C(=O)OCc2cccc(S(=O)(=O)N(C)C)c2)cs1. The van der Waals surface area contributed by atoms with E-state index in [9.17, 15) is 13.2 Å². The Morgan fingerprint density at radius 2 is 1.93 bits per heavy atom. The summed E-state index contributed by atoms with van der Waals surface area (Å²) in [5.74, 6) is 0.215. The summed E-state index contributed by atoms with van der Waals surface area (Å²) in [5, 5.41) is 3.02. The summed E-state index contributed by atoms with van der Waals surface area (Å²) in [5.41, 5.74) is 2.06. The molecule has 0 amide bonds. The fourth-order valence-electron chi connectivity index (χ4n) is 2.62. The minimum Gasteiger partial charge on any atom is -0.457 e. The monoisotopic (exact) mass is 462 g/mol. The highest BCUT2D eigenvalue weighted by molar-refractivity contribution is 7.98. The molecule has 3 aromatic rings. The molecule has 0 aliphatic rings. The number of ether oxygens (including phenoxy) is 1. The van der Waals surface area contributed by atoms with Crippen molar-refractivity contribution in [3.63, 3.8) is 0 Å². The third-order valence-electron chi connectivity index (χ3n) is 4.20. The minimum atomic E-state index is -3.54. The number of rotatable bonds is 8. The van der Waals surface area contributed by atoms with Crippen LogP contribution in [0.2, 0.25) is 0 Å². The Bertz CT molecular complexity index is 1140. The lowest BCUT2D eigenvalue weighted by atomic mass is 10.2. The molecule has 0 atom stereocenters. The molecule has 0 saturated carbocycles. The Morgan fingerprint density at radius 3 is 2.63 bits per heavy atom. The molecule has 6 nitrogen and oxygen atoms in total. The second-order valence-corrected chi connectivity index (χ2v) is 10.9. The standard InChI is InChI=1S/C21H22N2O4S3/c1-15-22-17(13-28-15)14-29-20-10-5-4-9-19(20)21(24)27-12-16-7-6-8-18(11-16)30(25,26)23(2)3/h4-11,13H,12,14H2,1-3H3. The zero-order valence-corrected chi connectivity index (χ0v) is 19.3. The van der Waals surface area contributed by atoms with Gasteiger partial charge in [-0.1, -0.05) is 24.3 Å². The van der Waals surface area contributed by atoms with Crippen molar-refractivity contribution in [1.29, 1.82) is 0 Å². The molecule has 158 valence electrons. The first-order valence-corrected chi connectivity index (χ1v) is 12.4. The number of esters is 1. The molecule has 3 rings (SSSR count). The van der Waals surface area contributed by atoms with E-state index in [1.165, 1.54) is 38.0 Å². The summed E-state index contributed by atoms with van der Waals surface area (Å²) in [4.78, 5) is 18.1. The number of thioether (sulfide) groups is 1. The van der Waals surface area contributed by atoms with E-state index in [0.29, 0.717) is 16.9 Å². The molecule has 0 bridgehead atoms. The van der Waals surface area contributed by atoms with Crippen molar-refractivity contribution in [2.75, 3.05) is 14.1 Å². The van der Waals surface area contributed by atoms with Crippen LogP contribution < -0.4 is 0 Å². The number of aryl methyl sites for hydroxylation is 1. The van der Waals surface area contributed by atoms with Crippen LogP contribution in [0.5, 0.6) is 0 Å². The lowest BCUT2D eigenvalue weighted by Crippen LogP contribution is -2.22. The van der Waals surface area contributed by atoms with Crippen molar-refractivity contribution < 1.29 is 17.9 Å². The number of aromatic nitrogens is 1. The highest BCUT2D eigenvalue weighted by atomic mass is 32.2. The largest absolute Gasteiger partial charge is 0.457 e.